The number of fused-ring (bicyclic) bond motifs is 1. The van der Waals surface area contributed by atoms with Gasteiger partial charge in [-0.25, -0.2) is 18.2 Å². The molecule has 1 saturated heterocycles. The van der Waals surface area contributed by atoms with Crippen LogP contribution in [-0.2, 0) is 9.84 Å². The molecule has 2 heterocycles. The van der Waals surface area contributed by atoms with Gasteiger partial charge in [-0.15, -0.1) is 0 Å². The molecule has 20 heavy (non-hydrogen) atoms. The zero-order chi connectivity index (χ0) is 14.3. The van der Waals surface area contributed by atoms with Crippen LogP contribution in [-0.4, -0.2) is 35.2 Å². The number of H-pyrrole nitrogens is 1. The topological polar surface area (TPSA) is 100 Å². The maximum atomic E-state index is 12.1. The van der Waals surface area contributed by atoms with Crippen LogP contribution in [0.15, 0.2) is 18.2 Å². The predicted octanol–water partition coefficient (Wildman–Crippen LogP) is 1.90. The Labute approximate surface area is 115 Å². The number of aromatic nitrogens is 2. The normalized spacial score (nSPS) is 21.9. The molecule has 6 nitrogen and oxygen atoms in total. The lowest BCUT2D eigenvalue weighted by molar-refractivity contribution is 0.0699. The second-order valence-electron chi connectivity index (χ2n) is 4.98. The molecule has 2 aromatic rings. The molecular weight excluding hydrogens is 280 g/mol. The first-order valence-electron chi connectivity index (χ1n) is 6.42. The third-order valence-electron chi connectivity index (χ3n) is 3.65. The number of aromatic amines is 1. The Morgan fingerprint density at radius 1 is 1.35 bits per heavy atom. The van der Waals surface area contributed by atoms with Gasteiger partial charge >= 0.3 is 5.97 Å². The van der Waals surface area contributed by atoms with Crippen LogP contribution in [0.2, 0.25) is 0 Å². The Balaban J connectivity index is 2.14. The number of imidazole rings is 1. The van der Waals surface area contributed by atoms with Crippen molar-refractivity contribution in [3.63, 3.8) is 0 Å². The predicted molar refractivity (Wildman–Crippen MR) is 73.4 cm³/mol. The van der Waals surface area contributed by atoms with Crippen LogP contribution in [0.25, 0.3) is 11.0 Å². The van der Waals surface area contributed by atoms with Gasteiger partial charge in [0.15, 0.2) is 9.84 Å². The molecule has 0 amide bonds. The van der Waals surface area contributed by atoms with Crippen molar-refractivity contribution in [3.8, 4) is 0 Å². The lowest BCUT2D eigenvalue weighted by atomic mass is 10.2. The molecule has 1 aliphatic heterocycles. The average Bonchev–Trinajstić information content (AvgIpc) is 2.80. The summed E-state index contributed by atoms with van der Waals surface area (Å²) in [7, 11) is -3.20. The van der Waals surface area contributed by atoms with Crippen molar-refractivity contribution in [2.24, 2.45) is 0 Å². The maximum absolute atomic E-state index is 12.1. The highest BCUT2D eigenvalue weighted by Gasteiger charge is 2.32. The van der Waals surface area contributed by atoms with E-state index >= 15 is 0 Å². The van der Waals surface area contributed by atoms with E-state index in [9.17, 15) is 13.2 Å². The van der Waals surface area contributed by atoms with Crippen molar-refractivity contribution in [3.05, 3.63) is 29.6 Å². The highest BCUT2D eigenvalue weighted by atomic mass is 32.2. The minimum absolute atomic E-state index is 0.0817. The fourth-order valence-electron chi connectivity index (χ4n) is 2.64. The third kappa shape index (κ3) is 2.07. The number of benzene rings is 1. The molecule has 0 radical (unpaired) electrons. The van der Waals surface area contributed by atoms with Crippen LogP contribution in [0.1, 0.15) is 40.7 Å². The summed E-state index contributed by atoms with van der Waals surface area (Å²) in [5.74, 6) is -0.547. The van der Waals surface area contributed by atoms with E-state index in [1.807, 2.05) is 0 Å². The van der Waals surface area contributed by atoms with E-state index in [4.69, 9.17) is 5.11 Å². The average molecular weight is 294 g/mol. The zero-order valence-corrected chi connectivity index (χ0v) is 11.5. The Morgan fingerprint density at radius 3 is 2.85 bits per heavy atom. The number of carboxylic acid groups (broad SMARTS) is 1. The van der Waals surface area contributed by atoms with E-state index in [0.29, 0.717) is 29.7 Å². The summed E-state index contributed by atoms with van der Waals surface area (Å²) in [5.41, 5.74) is 0.953. The van der Waals surface area contributed by atoms with Gasteiger partial charge in [0.1, 0.15) is 16.6 Å². The van der Waals surface area contributed by atoms with Crippen molar-refractivity contribution in [2.75, 3.05) is 5.75 Å². The maximum Gasteiger partial charge on any atom is 0.337 e. The minimum atomic E-state index is -3.20. The molecule has 1 aliphatic rings. The number of nitrogens with zero attached hydrogens (tertiary/aromatic N) is 1. The second kappa shape index (κ2) is 4.59. The number of aromatic carboxylic acids is 1. The number of carboxylic acids is 1. The summed E-state index contributed by atoms with van der Waals surface area (Å²) in [6.45, 7) is 0. The largest absolute Gasteiger partial charge is 0.478 e. The molecule has 1 aromatic heterocycles. The van der Waals surface area contributed by atoms with E-state index in [1.165, 1.54) is 6.07 Å². The van der Waals surface area contributed by atoms with Gasteiger partial charge < -0.3 is 10.1 Å². The molecule has 7 heteroatoms. The van der Waals surface area contributed by atoms with E-state index in [1.54, 1.807) is 12.1 Å². The molecule has 3 rings (SSSR count). The lowest BCUT2D eigenvalue weighted by Gasteiger charge is -2.20. The molecular formula is C13H14N2O4S. The van der Waals surface area contributed by atoms with Gasteiger partial charge in [-0.05, 0) is 25.0 Å². The first kappa shape index (κ1) is 13.1. The summed E-state index contributed by atoms with van der Waals surface area (Å²) in [6.07, 6.45) is 2.05. The quantitative estimate of drug-likeness (QED) is 0.881. The Hall–Kier alpha value is -1.89. The van der Waals surface area contributed by atoms with Crippen molar-refractivity contribution in [1.29, 1.82) is 0 Å². The van der Waals surface area contributed by atoms with Crippen molar-refractivity contribution >= 4 is 26.8 Å². The molecule has 1 aromatic carbocycles. The molecule has 0 bridgehead atoms. The number of rotatable bonds is 2. The second-order valence-corrected chi connectivity index (χ2v) is 7.28. The zero-order valence-electron chi connectivity index (χ0n) is 10.7. The van der Waals surface area contributed by atoms with E-state index < -0.39 is 21.1 Å². The third-order valence-corrected chi connectivity index (χ3v) is 5.83. The number of hydrogen-bond donors (Lipinski definition) is 2. The molecule has 0 aliphatic carbocycles. The molecule has 0 saturated carbocycles. The first-order chi connectivity index (χ1) is 9.49. The molecule has 2 N–H and O–H groups in total. The Morgan fingerprint density at radius 2 is 2.15 bits per heavy atom. The van der Waals surface area contributed by atoms with Crippen molar-refractivity contribution < 1.29 is 18.3 Å². The Bertz CT molecular complexity index is 779. The van der Waals surface area contributed by atoms with E-state index in [2.05, 4.69) is 9.97 Å². The van der Waals surface area contributed by atoms with Gasteiger partial charge in [-0.3, -0.25) is 0 Å². The Kier molecular flexibility index (Phi) is 3.01. The highest BCUT2D eigenvalue weighted by Crippen LogP contribution is 2.33. The van der Waals surface area contributed by atoms with E-state index in [0.717, 1.165) is 6.42 Å². The number of nitrogens with one attached hydrogen (secondary N) is 1. The van der Waals surface area contributed by atoms with Crippen LogP contribution >= 0.6 is 0 Å². The molecule has 1 unspecified atom stereocenters. The fourth-order valence-corrected chi connectivity index (χ4v) is 4.51. The smallest absolute Gasteiger partial charge is 0.337 e. The van der Waals surface area contributed by atoms with Crippen molar-refractivity contribution in [1.82, 2.24) is 9.97 Å². The van der Waals surface area contributed by atoms with Gasteiger partial charge in [0, 0.05) is 0 Å². The molecule has 1 atom stereocenters. The van der Waals surface area contributed by atoms with Gasteiger partial charge in [-0.1, -0.05) is 12.5 Å². The van der Waals surface area contributed by atoms with Crippen LogP contribution in [0.3, 0.4) is 0 Å². The summed E-state index contributed by atoms with van der Waals surface area (Å²) >= 11 is 0. The van der Waals surface area contributed by atoms with Crippen LogP contribution in [0.4, 0.5) is 0 Å². The van der Waals surface area contributed by atoms with Crippen LogP contribution in [0, 0.1) is 0 Å². The van der Waals surface area contributed by atoms with Crippen molar-refractivity contribution in [2.45, 2.75) is 24.5 Å². The van der Waals surface area contributed by atoms with E-state index in [-0.39, 0.29) is 11.3 Å². The van der Waals surface area contributed by atoms with Gasteiger partial charge in [-0.2, -0.15) is 0 Å². The molecule has 1 fully saturated rings. The lowest BCUT2D eigenvalue weighted by Crippen LogP contribution is -2.22. The van der Waals surface area contributed by atoms with Crippen LogP contribution < -0.4 is 0 Å². The van der Waals surface area contributed by atoms with Gasteiger partial charge in [0.25, 0.3) is 0 Å². The summed E-state index contributed by atoms with van der Waals surface area (Å²) in [4.78, 5) is 18.4. The van der Waals surface area contributed by atoms with Gasteiger partial charge in [0.2, 0.25) is 0 Å². The standard InChI is InChI=1S/C13H14N2O4S/c16-13(17)8-4-3-5-9-11(8)15-12(14-9)10-6-1-2-7-20(10,18)19/h3-5,10H,1-2,6-7H2,(H,14,15)(H,16,17). The number of sulfone groups is 1. The molecule has 106 valence electrons. The first-order valence-corrected chi connectivity index (χ1v) is 8.14. The number of hydrogen-bond acceptors (Lipinski definition) is 4. The summed E-state index contributed by atoms with van der Waals surface area (Å²) < 4.78 is 24.2. The summed E-state index contributed by atoms with van der Waals surface area (Å²) in [5, 5.41) is 8.49. The van der Waals surface area contributed by atoms with Gasteiger partial charge in [0.05, 0.1) is 16.8 Å². The summed E-state index contributed by atoms with van der Waals surface area (Å²) in [6, 6.07) is 4.78. The minimum Gasteiger partial charge on any atom is -0.478 e. The SMILES string of the molecule is O=C(O)c1cccc2[nH]c(C3CCCCS3(=O)=O)nc12. The fraction of sp³-hybridized carbons (Fsp3) is 0.385. The van der Waals surface area contributed by atoms with Crippen LogP contribution in [0.5, 0.6) is 0 Å². The monoisotopic (exact) mass is 294 g/mol. The number of para-hydroxylation sites is 1. The number of carbonyl (C=O) groups is 1. The highest BCUT2D eigenvalue weighted by molar-refractivity contribution is 7.91. The molecule has 0 spiro atoms.